The maximum Gasteiger partial charge on any atom is 0.393 e. The number of hydrogen-bond donors (Lipinski definition) is 1. The Labute approximate surface area is 174 Å². The summed E-state index contributed by atoms with van der Waals surface area (Å²) < 4.78 is 52.2. The average molecular weight is 436 g/mol. The standard InChI is InChI=1S/C21H20F4N4S/c22-16-3-1-2-4-17(16)28-13-8-20(9-13)5-6-29(11-20)18-15-7-14(10-21(23,24)25)30-19(15)27-12-26-18/h1-4,7,12-13,28H,5-6,8-11H2. The van der Waals surface area contributed by atoms with Crippen LogP contribution in [0.2, 0.25) is 0 Å². The van der Waals surface area contributed by atoms with Crippen molar-refractivity contribution in [2.24, 2.45) is 5.41 Å². The van der Waals surface area contributed by atoms with E-state index >= 15 is 0 Å². The minimum absolute atomic E-state index is 0.144. The zero-order valence-electron chi connectivity index (χ0n) is 16.0. The monoisotopic (exact) mass is 436 g/mol. The van der Waals surface area contributed by atoms with Gasteiger partial charge in [-0.25, -0.2) is 14.4 Å². The van der Waals surface area contributed by atoms with Crippen LogP contribution in [0.1, 0.15) is 24.1 Å². The first-order valence-corrected chi connectivity index (χ1v) is 10.7. The number of anilines is 2. The predicted octanol–water partition coefficient (Wildman–Crippen LogP) is 5.41. The van der Waals surface area contributed by atoms with Crippen molar-refractivity contribution in [2.75, 3.05) is 23.3 Å². The molecule has 2 fully saturated rings. The quantitative estimate of drug-likeness (QED) is 0.556. The Balaban J connectivity index is 1.28. The molecule has 0 atom stereocenters. The molecule has 3 heterocycles. The molecule has 158 valence electrons. The van der Waals surface area contributed by atoms with Crippen LogP contribution in [-0.4, -0.2) is 35.3 Å². The molecule has 0 radical (unpaired) electrons. The van der Waals surface area contributed by atoms with Crippen molar-refractivity contribution >= 4 is 33.1 Å². The number of benzene rings is 1. The summed E-state index contributed by atoms with van der Waals surface area (Å²) >= 11 is 1.08. The highest BCUT2D eigenvalue weighted by Crippen LogP contribution is 2.50. The topological polar surface area (TPSA) is 41.0 Å². The lowest BCUT2D eigenvalue weighted by atomic mass is 9.65. The van der Waals surface area contributed by atoms with Crippen LogP contribution in [0, 0.1) is 11.2 Å². The lowest BCUT2D eigenvalue weighted by Crippen LogP contribution is -2.47. The van der Waals surface area contributed by atoms with Crippen LogP contribution < -0.4 is 10.2 Å². The molecule has 2 aliphatic rings. The number of aromatic nitrogens is 2. The maximum absolute atomic E-state index is 13.9. The molecule has 0 amide bonds. The SMILES string of the molecule is Fc1ccccc1NC1CC2(CCN(c3ncnc4sc(CC(F)(F)F)cc34)C2)C1. The summed E-state index contributed by atoms with van der Waals surface area (Å²) in [6, 6.07) is 8.48. The molecule has 30 heavy (non-hydrogen) atoms. The van der Waals surface area contributed by atoms with E-state index in [1.807, 2.05) is 6.07 Å². The van der Waals surface area contributed by atoms with Gasteiger partial charge in [-0.1, -0.05) is 12.1 Å². The van der Waals surface area contributed by atoms with Gasteiger partial charge in [0.25, 0.3) is 0 Å². The van der Waals surface area contributed by atoms with Gasteiger partial charge in [0.15, 0.2) is 0 Å². The highest BCUT2D eigenvalue weighted by atomic mass is 32.1. The Morgan fingerprint density at radius 1 is 1.20 bits per heavy atom. The Morgan fingerprint density at radius 3 is 2.77 bits per heavy atom. The first-order valence-electron chi connectivity index (χ1n) is 9.87. The second-order valence-electron chi connectivity index (χ2n) is 8.32. The highest BCUT2D eigenvalue weighted by molar-refractivity contribution is 7.18. The fourth-order valence-corrected chi connectivity index (χ4v) is 5.79. The van der Waals surface area contributed by atoms with Crippen molar-refractivity contribution in [3.8, 4) is 0 Å². The van der Waals surface area contributed by atoms with Gasteiger partial charge in [-0.2, -0.15) is 13.2 Å². The third-order valence-corrected chi connectivity index (χ3v) is 7.11. The molecule has 1 N–H and O–H groups in total. The van der Waals surface area contributed by atoms with E-state index in [4.69, 9.17) is 0 Å². The Morgan fingerprint density at radius 2 is 2.00 bits per heavy atom. The van der Waals surface area contributed by atoms with Crippen molar-refractivity contribution in [1.29, 1.82) is 0 Å². The number of thiophene rings is 1. The molecular weight excluding hydrogens is 416 g/mol. The molecule has 4 nitrogen and oxygen atoms in total. The third kappa shape index (κ3) is 3.71. The number of hydrogen-bond acceptors (Lipinski definition) is 5. The molecule has 1 saturated carbocycles. The summed E-state index contributed by atoms with van der Waals surface area (Å²) in [7, 11) is 0. The molecule has 0 bridgehead atoms. The number of halogens is 4. The summed E-state index contributed by atoms with van der Waals surface area (Å²) in [5, 5.41) is 3.98. The van der Waals surface area contributed by atoms with Crippen molar-refractivity contribution < 1.29 is 17.6 Å². The van der Waals surface area contributed by atoms with Crippen molar-refractivity contribution in [2.45, 2.75) is 37.9 Å². The van der Waals surface area contributed by atoms with Gasteiger partial charge in [0.2, 0.25) is 0 Å². The van der Waals surface area contributed by atoms with Crippen LogP contribution in [0.5, 0.6) is 0 Å². The average Bonchev–Trinajstić information content (AvgIpc) is 3.25. The minimum Gasteiger partial charge on any atom is -0.380 e. The largest absolute Gasteiger partial charge is 0.393 e. The van der Waals surface area contributed by atoms with Crippen LogP contribution in [0.25, 0.3) is 10.2 Å². The maximum atomic E-state index is 13.9. The summed E-state index contributed by atoms with van der Waals surface area (Å²) in [4.78, 5) is 11.6. The molecule has 1 aliphatic heterocycles. The Hall–Kier alpha value is -2.42. The highest BCUT2D eigenvalue weighted by Gasteiger charge is 2.49. The molecule has 1 saturated heterocycles. The molecule has 2 aromatic heterocycles. The molecule has 3 aromatic rings. The van der Waals surface area contributed by atoms with E-state index in [2.05, 4.69) is 20.2 Å². The zero-order valence-corrected chi connectivity index (χ0v) is 16.9. The summed E-state index contributed by atoms with van der Waals surface area (Å²) in [6.07, 6.45) is -0.878. The van der Waals surface area contributed by atoms with Gasteiger partial charge >= 0.3 is 6.18 Å². The molecule has 1 spiro atoms. The molecular formula is C21H20F4N4S. The summed E-state index contributed by atoms with van der Waals surface area (Å²) in [5.74, 6) is 0.467. The second kappa shape index (κ2) is 7.08. The van der Waals surface area contributed by atoms with Crippen LogP contribution in [0.3, 0.4) is 0 Å². The van der Waals surface area contributed by atoms with Gasteiger partial charge in [-0.15, -0.1) is 11.3 Å². The first-order chi connectivity index (χ1) is 14.3. The number of nitrogens with one attached hydrogen (secondary N) is 1. The lowest BCUT2D eigenvalue weighted by Gasteiger charge is -2.46. The smallest absolute Gasteiger partial charge is 0.380 e. The van der Waals surface area contributed by atoms with E-state index in [0.717, 1.165) is 43.7 Å². The first kappa shape index (κ1) is 19.5. The summed E-state index contributed by atoms with van der Waals surface area (Å²) in [6.45, 7) is 1.61. The van der Waals surface area contributed by atoms with E-state index in [1.54, 1.807) is 18.2 Å². The van der Waals surface area contributed by atoms with Crippen molar-refractivity contribution in [3.63, 3.8) is 0 Å². The third-order valence-electron chi connectivity index (χ3n) is 6.06. The van der Waals surface area contributed by atoms with Gasteiger partial charge in [-0.3, -0.25) is 0 Å². The normalized spacial score (nSPS) is 23.9. The van der Waals surface area contributed by atoms with Crippen LogP contribution >= 0.6 is 11.3 Å². The van der Waals surface area contributed by atoms with Crippen molar-refractivity contribution in [3.05, 3.63) is 47.4 Å². The summed E-state index contributed by atoms with van der Waals surface area (Å²) in [5.41, 5.74) is 0.672. The number of nitrogens with zero attached hydrogens (tertiary/aromatic N) is 3. The Kier molecular flexibility index (Phi) is 4.61. The van der Waals surface area contributed by atoms with Crippen LogP contribution in [-0.2, 0) is 6.42 Å². The van der Waals surface area contributed by atoms with Gasteiger partial charge in [0, 0.05) is 24.0 Å². The van der Waals surface area contributed by atoms with E-state index in [-0.39, 0.29) is 22.2 Å². The molecule has 9 heteroatoms. The van der Waals surface area contributed by atoms with E-state index in [9.17, 15) is 17.6 Å². The fraction of sp³-hybridized carbons (Fsp3) is 0.429. The number of rotatable bonds is 4. The molecule has 5 rings (SSSR count). The predicted molar refractivity (Wildman–Crippen MR) is 109 cm³/mol. The van der Waals surface area contributed by atoms with Gasteiger partial charge in [0.05, 0.1) is 17.5 Å². The fourth-order valence-electron chi connectivity index (χ4n) is 4.76. The van der Waals surface area contributed by atoms with Gasteiger partial charge < -0.3 is 10.2 Å². The number of fused-ring (bicyclic) bond motifs is 1. The molecule has 1 aliphatic carbocycles. The van der Waals surface area contributed by atoms with E-state index in [1.165, 1.54) is 12.4 Å². The molecule has 0 unspecified atom stereocenters. The van der Waals surface area contributed by atoms with E-state index in [0.29, 0.717) is 21.7 Å². The Bertz CT molecular complexity index is 1070. The zero-order chi connectivity index (χ0) is 20.9. The van der Waals surface area contributed by atoms with Crippen LogP contribution in [0.4, 0.5) is 29.1 Å². The number of para-hydroxylation sites is 1. The second-order valence-corrected chi connectivity index (χ2v) is 9.44. The number of alkyl halides is 3. The van der Waals surface area contributed by atoms with Crippen LogP contribution in [0.15, 0.2) is 36.7 Å². The minimum atomic E-state index is -4.24. The molecule has 1 aromatic carbocycles. The van der Waals surface area contributed by atoms with Gasteiger partial charge in [0.1, 0.15) is 22.8 Å². The van der Waals surface area contributed by atoms with Gasteiger partial charge in [-0.05, 0) is 42.9 Å². The van der Waals surface area contributed by atoms with E-state index < -0.39 is 12.6 Å². The van der Waals surface area contributed by atoms with Crippen molar-refractivity contribution in [1.82, 2.24) is 9.97 Å². The lowest BCUT2D eigenvalue weighted by molar-refractivity contribution is -0.126.